The Kier molecular flexibility index (Phi) is 5.66. The van der Waals surface area contributed by atoms with Crippen molar-refractivity contribution < 1.29 is 10.2 Å². The van der Waals surface area contributed by atoms with E-state index in [-0.39, 0.29) is 13.2 Å². The number of benzene rings is 1. The summed E-state index contributed by atoms with van der Waals surface area (Å²) in [5.74, 6) is 0. The van der Waals surface area contributed by atoms with E-state index in [0.29, 0.717) is 0 Å². The summed E-state index contributed by atoms with van der Waals surface area (Å²) in [5.41, 5.74) is 1.75. The first-order valence-corrected chi connectivity index (χ1v) is 6.47. The fourth-order valence-electron chi connectivity index (χ4n) is 2.22. The Morgan fingerprint density at radius 2 is 1.82 bits per heavy atom. The van der Waals surface area contributed by atoms with Crippen molar-refractivity contribution in [3.05, 3.63) is 35.4 Å². The number of hydrogen-bond donors (Lipinski definition) is 2. The highest BCUT2D eigenvalue weighted by Gasteiger charge is 2.30. The Bertz CT molecular complexity index is 329. The molecule has 17 heavy (non-hydrogen) atoms. The summed E-state index contributed by atoms with van der Waals surface area (Å²) in [5, 5.41) is 19.3. The van der Waals surface area contributed by atoms with E-state index < -0.39 is 5.41 Å². The number of unbranched alkanes of at least 4 members (excludes halogenated alkanes) is 2. The van der Waals surface area contributed by atoms with Gasteiger partial charge >= 0.3 is 0 Å². The molecular formula is C15H24O2. The van der Waals surface area contributed by atoms with Crippen LogP contribution < -0.4 is 0 Å². The predicted molar refractivity (Wildman–Crippen MR) is 71.2 cm³/mol. The van der Waals surface area contributed by atoms with E-state index in [4.69, 9.17) is 0 Å². The minimum atomic E-state index is -0.471. The maximum absolute atomic E-state index is 9.66. The first kappa shape index (κ1) is 14.2. The van der Waals surface area contributed by atoms with Crippen LogP contribution in [0.25, 0.3) is 0 Å². The summed E-state index contributed by atoms with van der Waals surface area (Å²) in [6.07, 6.45) is 4.19. The summed E-state index contributed by atoms with van der Waals surface area (Å²) in [6.45, 7) is 4.22. The van der Waals surface area contributed by atoms with E-state index in [1.54, 1.807) is 0 Å². The van der Waals surface area contributed by atoms with Gasteiger partial charge in [0.05, 0.1) is 13.2 Å². The van der Waals surface area contributed by atoms with E-state index in [9.17, 15) is 10.2 Å². The van der Waals surface area contributed by atoms with Gasteiger partial charge in [0.15, 0.2) is 0 Å². The molecule has 2 N–H and O–H groups in total. The molecule has 0 saturated heterocycles. The van der Waals surface area contributed by atoms with Gasteiger partial charge in [0.25, 0.3) is 0 Å². The van der Waals surface area contributed by atoms with Crippen LogP contribution in [0.3, 0.4) is 0 Å². The number of aliphatic hydroxyl groups excluding tert-OH is 2. The van der Waals surface area contributed by atoms with E-state index in [1.807, 2.05) is 25.1 Å². The highest BCUT2D eigenvalue weighted by Crippen LogP contribution is 2.30. The lowest BCUT2D eigenvalue weighted by Gasteiger charge is -2.30. The smallest absolute Gasteiger partial charge is 0.0550 e. The van der Waals surface area contributed by atoms with Crippen LogP contribution in [0, 0.1) is 6.92 Å². The van der Waals surface area contributed by atoms with Crippen molar-refractivity contribution in [3.8, 4) is 0 Å². The molecule has 2 heteroatoms. The average molecular weight is 236 g/mol. The second kappa shape index (κ2) is 6.77. The van der Waals surface area contributed by atoms with Crippen LogP contribution in [0.1, 0.15) is 43.7 Å². The third kappa shape index (κ3) is 3.55. The van der Waals surface area contributed by atoms with Crippen LogP contribution in [0.15, 0.2) is 24.3 Å². The summed E-state index contributed by atoms with van der Waals surface area (Å²) in [7, 11) is 0. The molecular weight excluding hydrogens is 212 g/mol. The molecule has 0 fully saturated rings. The Hall–Kier alpha value is -0.860. The Labute approximate surface area is 104 Å². The third-order valence-electron chi connectivity index (χ3n) is 3.49. The van der Waals surface area contributed by atoms with Crippen molar-refractivity contribution in [1.82, 2.24) is 0 Å². The average Bonchev–Trinajstić information content (AvgIpc) is 2.35. The van der Waals surface area contributed by atoms with Crippen molar-refractivity contribution >= 4 is 0 Å². The molecule has 0 spiro atoms. The van der Waals surface area contributed by atoms with Crippen LogP contribution in [0.2, 0.25) is 0 Å². The minimum Gasteiger partial charge on any atom is -0.395 e. The van der Waals surface area contributed by atoms with Gasteiger partial charge in [-0.15, -0.1) is 0 Å². The topological polar surface area (TPSA) is 40.5 Å². The van der Waals surface area contributed by atoms with Crippen LogP contribution in [-0.2, 0) is 5.41 Å². The molecule has 1 rings (SSSR count). The molecule has 96 valence electrons. The lowest BCUT2D eigenvalue weighted by molar-refractivity contribution is 0.107. The van der Waals surface area contributed by atoms with Gasteiger partial charge in [-0.1, -0.05) is 56.0 Å². The molecule has 0 aliphatic carbocycles. The quantitative estimate of drug-likeness (QED) is 0.715. The zero-order valence-electron chi connectivity index (χ0n) is 10.9. The van der Waals surface area contributed by atoms with Crippen LogP contribution in [0.5, 0.6) is 0 Å². The number of aliphatic hydroxyl groups is 2. The second-order valence-electron chi connectivity index (χ2n) is 4.92. The summed E-state index contributed by atoms with van der Waals surface area (Å²) in [4.78, 5) is 0. The van der Waals surface area contributed by atoms with Crippen LogP contribution in [-0.4, -0.2) is 23.4 Å². The molecule has 0 bridgehead atoms. The van der Waals surface area contributed by atoms with Gasteiger partial charge in [-0.3, -0.25) is 0 Å². The van der Waals surface area contributed by atoms with Gasteiger partial charge in [-0.05, 0) is 18.9 Å². The normalized spacial score (nSPS) is 11.8. The van der Waals surface area contributed by atoms with E-state index in [0.717, 1.165) is 31.2 Å². The first-order chi connectivity index (χ1) is 8.18. The monoisotopic (exact) mass is 236 g/mol. The molecule has 1 aromatic carbocycles. The van der Waals surface area contributed by atoms with Gasteiger partial charge in [0.2, 0.25) is 0 Å². The van der Waals surface area contributed by atoms with Crippen molar-refractivity contribution in [3.63, 3.8) is 0 Å². The Morgan fingerprint density at radius 3 is 2.35 bits per heavy atom. The molecule has 2 nitrogen and oxygen atoms in total. The SMILES string of the molecule is CCCCCC(CO)(CO)c1cccc(C)c1. The summed E-state index contributed by atoms with van der Waals surface area (Å²) < 4.78 is 0. The molecule has 1 aromatic rings. The molecule has 0 radical (unpaired) electrons. The molecule has 0 aliphatic rings. The fraction of sp³-hybridized carbons (Fsp3) is 0.600. The lowest BCUT2D eigenvalue weighted by atomic mass is 9.77. The fourth-order valence-corrected chi connectivity index (χ4v) is 2.22. The van der Waals surface area contributed by atoms with Gasteiger partial charge in [-0.2, -0.15) is 0 Å². The largest absolute Gasteiger partial charge is 0.395 e. The maximum atomic E-state index is 9.66. The number of hydrogen-bond acceptors (Lipinski definition) is 2. The standard InChI is InChI=1S/C15H24O2/c1-3-4-5-9-15(11-16,12-17)14-8-6-7-13(2)10-14/h6-8,10,16-17H,3-5,9,11-12H2,1-2H3. The number of rotatable bonds is 7. The first-order valence-electron chi connectivity index (χ1n) is 6.47. The molecule has 0 atom stereocenters. The molecule has 0 amide bonds. The lowest BCUT2D eigenvalue weighted by Crippen LogP contribution is -2.35. The van der Waals surface area contributed by atoms with Gasteiger partial charge < -0.3 is 10.2 Å². The highest BCUT2D eigenvalue weighted by molar-refractivity contribution is 5.30. The van der Waals surface area contributed by atoms with E-state index in [1.165, 1.54) is 5.56 Å². The highest BCUT2D eigenvalue weighted by atomic mass is 16.3. The van der Waals surface area contributed by atoms with Gasteiger partial charge in [-0.25, -0.2) is 0 Å². The van der Waals surface area contributed by atoms with Crippen LogP contribution >= 0.6 is 0 Å². The maximum Gasteiger partial charge on any atom is 0.0550 e. The zero-order valence-corrected chi connectivity index (χ0v) is 10.9. The Balaban J connectivity index is 2.89. The van der Waals surface area contributed by atoms with Crippen molar-refractivity contribution in [2.75, 3.05) is 13.2 Å². The van der Waals surface area contributed by atoms with Crippen molar-refractivity contribution in [2.24, 2.45) is 0 Å². The minimum absolute atomic E-state index is 0.0106. The molecule has 0 unspecified atom stereocenters. The zero-order chi connectivity index (χ0) is 12.7. The predicted octanol–water partition coefficient (Wildman–Crippen LogP) is 2.80. The molecule has 0 heterocycles. The van der Waals surface area contributed by atoms with Crippen LogP contribution in [0.4, 0.5) is 0 Å². The second-order valence-corrected chi connectivity index (χ2v) is 4.92. The molecule has 0 saturated carbocycles. The van der Waals surface area contributed by atoms with Crippen molar-refractivity contribution in [2.45, 2.75) is 44.9 Å². The molecule has 0 aromatic heterocycles. The van der Waals surface area contributed by atoms with Gasteiger partial charge in [0, 0.05) is 5.41 Å². The van der Waals surface area contributed by atoms with E-state index >= 15 is 0 Å². The summed E-state index contributed by atoms with van der Waals surface area (Å²) in [6, 6.07) is 8.10. The van der Waals surface area contributed by atoms with Crippen molar-refractivity contribution in [1.29, 1.82) is 0 Å². The third-order valence-corrected chi connectivity index (χ3v) is 3.49. The number of aryl methyl sites for hydroxylation is 1. The molecule has 0 aliphatic heterocycles. The Morgan fingerprint density at radius 1 is 1.12 bits per heavy atom. The summed E-state index contributed by atoms with van der Waals surface area (Å²) >= 11 is 0. The van der Waals surface area contributed by atoms with E-state index in [2.05, 4.69) is 13.0 Å². The van der Waals surface area contributed by atoms with Gasteiger partial charge in [0.1, 0.15) is 0 Å².